The molecule has 0 radical (unpaired) electrons. The Morgan fingerprint density at radius 1 is 0.733 bits per heavy atom. The van der Waals surface area contributed by atoms with Gasteiger partial charge in [-0.2, -0.15) is 0 Å². The molecule has 0 spiro atoms. The van der Waals surface area contributed by atoms with Gasteiger partial charge in [-0.25, -0.2) is 19.6 Å². The first-order chi connectivity index (χ1) is 14.6. The normalized spacial score (nSPS) is 10.1. The van der Waals surface area contributed by atoms with Crippen molar-refractivity contribution >= 4 is 11.9 Å². The van der Waals surface area contributed by atoms with Crippen LogP contribution in [0, 0.1) is 0 Å². The summed E-state index contributed by atoms with van der Waals surface area (Å²) < 4.78 is 10.6. The zero-order chi connectivity index (χ0) is 21.3. The van der Waals surface area contributed by atoms with E-state index in [1.165, 1.54) is 6.07 Å². The van der Waals surface area contributed by atoms with E-state index < -0.39 is 11.9 Å². The molecule has 30 heavy (non-hydrogen) atoms. The third-order valence-corrected chi connectivity index (χ3v) is 4.00. The molecule has 3 aromatic rings. The van der Waals surface area contributed by atoms with Gasteiger partial charge in [0.15, 0.2) is 0 Å². The number of rotatable bonds is 8. The Kier molecular flexibility index (Phi) is 6.84. The first-order valence-electron chi connectivity index (χ1n) is 9.27. The van der Waals surface area contributed by atoms with Crippen molar-refractivity contribution in [2.45, 2.75) is 12.8 Å². The standard InChI is InChI=1S/C24H20N2O4/c1-3-8-19-12-6-14-21(25-19)29-23(27)17-10-5-11-18(16-17)24(28)30-22-15-7-13-20(26-22)9-4-2/h3-7,10-16H,1-2,8-9H2. The second kappa shape index (κ2) is 9.93. The fourth-order valence-electron chi connectivity index (χ4n) is 2.63. The van der Waals surface area contributed by atoms with Gasteiger partial charge in [-0.1, -0.05) is 30.4 Å². The molecule has 1 aromatic carbocycles. The maximum Gasteiger partial charge on any atom is 0.344 e. The zero-order valence-electron chi connectivity index (χ0n) is 16.3. The zero-order valence-corrected chi connectivity index (χ0v) is 16.3. The SMILES string of the molecule is C=CCc1cccc(OC(=O)c2cccc(C(=O)Oc3cccc(CC=C)n3)c2)n1. The van der Waals surface area contributed by atoms with Crippen LogP contribution in [0.25, 0.3) is 0 Å². The first kappa shape index (κ1) is 20.7. The highest BCUT2D eigenvalue weighted by atomic mass is 16.5. The van der Waals surface area contributed by atoms with Crippen LogP contribution in [0.1, 0.15) is 32.1 Å². The summed E-state index contributed by atoms with van der Waals surface area (Å²) in [6.45, 7) is 7.33. The number of carbonyl (C=O) groups is 2. The third kappa shape index (κ3) is 5.48. The average Bonchev–Trinajstić information content (AvgIpc) is 2.75. The molecule has 0 amide bonds. The Morgan fingerprint density at radius 3 is 1.60 bits per heavy atom. The quantitative estimate of drug-likeness (QED) is 0.413. The van der Waals surface area contributed by atoms with Gasteiger partial charge in [-0.15, -0.1) is 13.2 Å². The lowest BCUT2D eigenvalue weighted by Gasteiger charge is -2.07. The predicted molar refractivity (Wildman–Crippen MR) is 113 cm³/mol. The van der Waals surface area contributed by atoms with Gasteiger partial charge >= 0.3 is 11.9 Å². The van der Waals surface area contributed by atoms with Crippen LogP contribution in [0.2, 0.25) is 0 Å². The number of hydrogen-bond acceptors (Lipinski definition) is 6. The van der Waals surface area contributed by atoms with Gasteiger partial charge < -0.3 is 9.47 Å². The largest absolute Gasteiger partial charge is 0.404 e. The third-order valence-electron chi connectivity index (χ3n) is 4.00. The van der Waals surface area contributed by atoms with Crippen LogP contribution in [0.4, 0.5) is 0 Å². The number of esters is 2. The smallest absolute Gasteiger partial charge is 0.344 e. The molecule has 6 nitrogen and oxygen atoms in total. The summed E-state index contributed by atoms with van der Waals surface area (Å²) in [4.78, 5) is 33.4. The molecule has 0 fully saturated rings. The van der Waals surface area contributed by atoms with Crippen LogP contribution in [0.3, 0.4) is 0 Å². The van der Waals surface area contributed by atoms with E-state index in [2.05, 4.69) is 23.1 Å². The van der Waals surface area contributed by atoms with Gasteiger partial charge in [0.1, 0.15) is 0 Å². The first-order valence-corrected chi connectivity index (χ1v) is 9.27. The number of benzene rings is 1. The molecule has 2 aromatic heterocycles. The molecular weight excluding hydrogens is 380 g/mol. The molecule has 0 bridgehead atoms. The van der Waals surface area contributed by atoms with Crippen molar-refractivity contribution in [3.8, 4) is 11.8 Å². The van der Waals surface area contributed by atoms with Crippen molar-refractivity contribution in [2.24, 2.45) is 0 Å². The number of aromatic nitrogens is 2. The van der Waals surface area contributed by atoms with Crippen LogP contribution in [-0.4, -0.2) is 21.9 Å². The topological polar surface area (TPSA) is 78.4 Å². The number of hydrogen-bond donors (Lipinski definition) is 0. The molecule has 0 aliphatic heterocycles. The van der Waals surface area contributed by atoms with E-state index in [0.717, 1.165) is 11.4 Å². The lowest BCUT2D eigenvalue weighted by molar-refractivity contribution is 0.0727. The van der Waals surface area contributed by atoms with Crippen LogP contribution in [-0.2, 0) is 12.8 Å². The molecule has 2 heterocycles. The van der Waals surface area contributed by atoms with Crippen LogP contribution < -0.4 is 9.47 Å². The van der Waals surface area contributed by atoms with E-state index in [0.29, 0.717) is 12.8 Å². The van der Waals surface area contributed by atoms with Gasteiger partial charge in [-0.3, -0.25) is 0 Å². The summed E-state index contributed by atoms with van der Waals surface area (Å²) in [5.74, 6) is -0.899. The van der Waals surface area contributed by atoms with E-state index in [9.17, 15) is 9.59 Å². The maximum absolute atomic E-state index is 12.5. The van der Waals surface area contributed by atoms with E-state index >= 15 is 0 Å². The minimum atomic E-state index is -0.626. The fourth-order valence-corrected chi connectivity index (χ4v) is 2.63. The van der Waals surface area contributed by atoms with E-state index in [1.807, 2.05) is 12.1 Å². The summed E-state index contributed by atoms with van der Waals surface area (Å²) in [5, 5.41) is 0. The highest BCUT2D eigenvalue weighted by Crippen LogP contribution is 2.15. The monoisotopic (exact) mass is 400 g/mol. The van der Waals surface area contributed by atoms with E-state index in [4.69, 9.17) is 9.47 Å². The Balaban J connectivity index is 1.72. The molecule has 150 valence electrons. The van der Waals surface area contributed by atoms with Crippen molar-refractivity contribution in [3.05, 3.63) is 108 Å². The van der Waals surface area contributed by atoms with Crippen LogP contribution in [0.15, 0.2) is 86.0 Å². The minimum absolute atomic E-state index is 0.176. The number of pyridine rings is 2. The number of allylic oxidation sites excluding steroid dienone is 2. The van der Waals surface area contributed by atoms with Crippen molar-refractivity contribution in [1.82, 2.24) is 9.97 Å². The lowest BCUT2D eigenvalue weighted by Crippen LogP contribution is -2.13. The number of carbonyl (C=O) groups excluding carboxylic acids is 2. The summed E-state index contributed by atoms with van der Waals surface area (Å²) in [5.41, 5.74) is 1.88. The van der Waals surface area contributed by atoms with Crippen LogP contribution >= 0.6 is 0 Å². The minimum Gasteiger partial charge on any atom is -0.404 e. The Morgan fingerprint density at radius 2 is 1.17 bits per heavy atom. The van der Waals surface area contributed by atoms with Crippen molar-refractivity contribution < 1.29 is 19.1 Å². The fraction of sp³-hybridized carbons (Fsp3) is 0.0833. The van der Waals surface area contributed by atoms with Gasteiger partial charge in [0.05, 0.1) is 11.1 Å². The van der Waals surface area contributed by atoms with Crippen molar-refractivity contribution in [1.29, 1.82) is 0 Å². The van der Waals surface area contributed by atoms with Gasteiger partial charge in [0.2, 0.25) is 11.8 Å². The molecular formula is C24H20N2O4. The maximum atomic E-state index is 12.5. The summed E-state index contributed by atoms with van der Waals surface area (Å²) in [6.07, 6.45) is 4.55. The molecule has 6 heteroatoms. The second-order valence-electron chi connectivity index (χ2n) is 6.28. The molecule has 0 N–H and O–H groups in total. The van der Waals surface area contributed by atoms with Gasteiger partial charge in [-0.05, 0) is 30.3 Å². The molecule has 0 saturated carbocycles. The molecule has 3 rings (SSSR count). The highest BCUT2D eigenvalue weighted by molar-refractivity contribution is 5.96. The number of nitrogens with zero attached hydrogens (tertiary/aromatic N) is 2. The molecule has 0 unspecified atom stereocenters. The Labute approximate surface area is 174 Å². The van der Waals surface area contributed by atoms with E-state index in [1.54, 1.807) is 54.6 Å². The molecule has 0 aliphatic carbocycles. The van der Waals surface area contributed by atoms with Crippen LogP contribution in [0.5, 0.6) is 11.8 Å². The second-order valence-corrected chi connectivity index (χ2v) is 6.28. The Hall–Kier alpha value is -4.06. The summed E-state index contributed by atoms with van der Waals surface area (Å²) in [7, 11) is 0. The summed E-state index contributed by atoms with van der Waals surface area (Å²) in [6, 6.07) is 16.4. The predicted octanol–water partition coefficient (Wildman–Crippen LogP) is 4.37. The average molecular weight is 400 g/mol. The van der Waals surface area contributed by atoms with Crippen molar-refractivity contribution in [3.63, 3.8) is 0 Å². The Bertz CT molecular complexity index is 1010. The van der Waals surface area contributed by atoms with Gasteiger partial charge in [0.25, 0.3) is 0 Å². The van der Waals surface area contributed by atoms with Gasteiger partial charge in [0, 0.05) is 36.4 Å². The number of ether oxygens (including phenoxy) is 2. The van der Waals surface area contributed by atoms with Crippen molar-refractivity contribution in [2.75, 3.05) is 0 Å². The van der Waals surface area contributed by atoms with E-state index in [-0.39, 0.29) is 22.9 Å². The molecule has 0 atom stereocenters. The molecule has 0 aliphatic rings. The lowest BCUT2D eigenvalue weighted by atomic mass is 10.1. The molecule has 0 saturated heterocycles. The highest BCUT2D eigenvalue weighted by Gasteiger charge is 2.15. The summed E-state index contributed by atoms with van der Waals surface area (Å²) >= 11 is 0.